The van der Waals surface area contributed by atoms with Crippen LogP contribution in [0.1, 0.15) is 0 Å². The van der Waals surface area contributed by atoms with E-state index < -0.39 is 0 Å². The third kappa shape index (κ3) is 6.96. The van der Waals surface area contributed by atoms with Gasteiger partial charge in [0, 0.05) is 19.9 Å². The SMILES string of the molecule is C=CC(=O)NCCN=C(N)NC(/C=C/COC)=N\c1nc2cccnc2s1. The van der Waals surface area contributed by atoms with Crippen LogP contribution in [0.3, 0.4) is 0 Å². The van der Waals surface area contributed by atoms with Gasteiger partial charge in [-0.05, 0) is 24.3 Å². The third-order valence-electron chi connectivity index (χ3n) is 3.04. The normalized spacial score (nSPS) is 12.5. The highest BCUT2D eigenvalue weighted by Gasteiger charge is 2.05. The van der Waals surface area contributed by atoms with Gasteiger partial charge in [0.25, 0.3) is 0 Å². The van der Waals surface area contributed by atoms with E-state index in [-0.39, 0.29) is 11.9 Å². The Bertz CT molecular complexity index is 840. The number of fused-ring (bicyclic) bond motifs is 1. The van der Waals surface area contributed by atoms with E-state index in [0.717, 1.165) is 10.3 Å². The van der Waals surface area contributed by atoms with Gasteiger partial charge in [-0.15, -0.1) is 0 Å². The van der Waals surface area contributed by atoms with Crippen LogP contribution in [0.25, 0.3) is 10.3 Å². The van der Waals surface area contributed by atoms with Crippen molar-refractivity contribution in [1.82, 2.24) is 20.6 Å². The van der Waals surface area contributed by atoms with Crippen LogP contribution in [-0.4, -0.2) is 54.5 Å². The quantitative estimate of drug-likeness (QED) is 0.270. The predicted molar refractivity (Wildman–Crippen MR) is 108 cm³/mol. The first kappa shape index (κ1) is 20.2. The number of amidine groups is 1. The zero-order chi connectivity index (χ0) is 19.5. The number of aromatic nitrogens is 2. The zero-order valence-corrected chi connectivity index (χ0v) is 15.7. The predicted octanol–water partition coefficient (Wildman–Crippen LogP) is 1.13. The van der Waals surface area contributed by atoms with Gasteiger partial charge >= 0.3 is 0 Å². The van der Waals surface area contributed by atoms with E-state index in [2.05, 4.69) is 37.2 Å². The lowest BCUT2D eigenvalue weighted by Crippen LogP contribution is -2.36. The average molecular weight is 387 g/mol. The van der Waals surface area contributed by atoms with Crippen LogP contribution in [0, 0.1) is 0 Å². The molecular weight excluding hydrogens is 366 g/mol. The van der Waals surface area contributed by atoms with Crippen molar-refractivity contribution in [3.63, 3.8) is 0 Å². The molecule has 0 spiro atoms. The van der Waals surface area contributed by atoms with E-state index in [9.17, 15) is 4.79 Å². The number of nitrogens with one attached hydrogen (secondary N) is 2. The van der Waals surface area contributed by atoms with Gasteiger partial charge in [0.1, 0.15) is 16.2 Å². The third-order valence-corrected chi connectivity index (χ3v) is 3.92. The van der Waals surface area contributed by atoms with E-state index >= 15 is 0 Å². The fourth-order valence-electron chi connectivity index (χ4n) is 1.87. The number of carbonyl (C=O) groups is 1. The second kappa shape index (κ2) is 10.8. The minimum Gasteiger partial charge on any atom is -0.381 e. The number of pyridine rings is 1. The molecule has 0 saturated carbocycles. The molecule has 0 aliphatic rings. The summed E-state index contributed by atoms with van der Waals surface area (Å²) in [5.74, 6) is 0.372. The van der Waals surface area contributed by atoms with E-state index in [1.807, 2.05) is 12.1 Å². The summed E-state index contributed by atoms with van der Waals surface area (Å²) >= 11 is 1.37. The molecule has 0 bridgehead atoms. The maximum atomic E-state index is 11.1. The lowest BCUT2D eigenvalue weighted by atomic mass is 10.4. The number of guanidine groups is 1. The van der Waals surface area contributed by atoms with Gasteiger partial charge in [0.15, 0.2) is 5.96 Å². The average Bonchev–Trinajstić information content (AvgIpc) is 3.07. The van der Waals surface area contributed by atoms with Gasteiger partial charge in [-0.25, -0.2) is 15.0 Å². The number of carbonyl (C=O) groups excluding carboxylic acids is 1. The number of aliphatic imine (C=N–C) groups is 2. The number of nitrogens with zero attached hydrogens (tertiary/aromatic N) is 4. The summed E-state index contributed by atoms with van der Waals surface area (Å²) in [7, 11) is 1.60. The first-order valence-electron chi connectivity index (χ1n) is 8.05. The lowest BCUT2D eigenvalue weighted by Gasteiger charge is -2.05. The second-order valence-electron chi connectivity index (χ2n) is 5.07. The zero-order valence-electron chi connectivity index (χ0n) is 14.9. The largest absolute Gasteiger partial charge is 0.381 e. The fraction of sp³-hybridized carbons (Fsp3) is 0.235. The van der Waals surface area contributed by atoms with Crippen LogP contribution in [0.15, 0.2) is 53.1 Å². The van der Waals surface area contributed by atoms with E-state index in [0.29, 0.717) is 30.7 Å². The molecule has 27 heavy (non-hydrogen) atoms. The van der Waals surface area contributed by atoms with Crippen molar-refractivity contribution in [3.8, 4) is 0 Å². The number of thiazole rings is 1. The molecule has 4 N–H and O–H groups in total. The Morgan fingerprint density at radius 2 is 2.37 bits per heavy atom. The number of hydrogen-bond donors (Lipinski definition) is 3. The summed E-state index contributed by atoms with van der Waals surface area (Å²) in [4.78, 5) is 29.2. The standard InChI is InChI=1S/C17H21N7O2S/c1-3-14(25)19-9-10-21-16(18)23-13(7-5-11-26-2)24-17-22-12-6-4-8-20-15(12)27-17/h3-8H,1,9-11H2,2H3,(H,19,25)(H3,18,21,22,23,24)/b7-5+. The summed E-state index contributed by atoms with van der Waals surface area (Å²) in [5.41, 5.74) is 6.67. The molecule has 0 unspecified atom stereocenters. The number of rotatable bonds is 8. The van der Waals surface area contributed by atoms with Gasteiger partial charge in [0.05, 0.1) is 13.2 Å². The Balaban J connectivity index is 2.08. The first-order chi connectivity index (χ1) is 13.1. The molecule has 0 radical (unpaired) electrons. The molecule has 0 aromatic carbocycles. The van der Waals surface area contributed by atoms with Crippen LogP contribution >= 0.6 is 11.3 Å². The second-order valence-corrected chi connectivity index (χ2v) is 6.02. The number of amides is 1. The number of ether oxygens (including phenoxy) is 1. The van der Waals surface area contributed by atoms with Gasteiger partial charge in [-0.2, -0.15) is 0 Å². The van der Waals surface area contributed by atoms with Gasteiger partial charge in [-0.3, -0.25) is 9.79 Å². The monoisotopic (exact) mass is 387 g/mol. The molecule has 0 aliphatic heterocycles. The molecule has 2 heterocycles. The summed E-state index contributed by atoms with van der Waals surface area (Å²) in [6.45, 7) is 4.47. The molecule has 142 valence electrons. The van der Waals surface area contributed by atoms with Gasteiger partial charge in [-0.1, -0.05) is 24.0 Å². The number of methoxy groups -OCH3 is 1. The maximum Gasteiger partial charge on any atom is 0.243 e. The van der Waals surface area contributed by atoms with Crippen molar-refractivity contribution in [1.29, 1.82) is 0 Å². The minimum absolute atomic E-state index is 0.169. The Morgan fingerprint density at radius 1 is 1.52 bits per heavy atom. The van der Waals surface area contributed by atoms with Crippen molar-refractivity contribution >= 4 is 44.5 Å². The highest BCUT2D eigenvalue weighted by atomic mass is 32.1. The molecule has 2 rings (SSSR count). The molecule has 0 aliphatic carbocycles. The van der Waals surface area contributed by atoms with Crippen molar-refractivity contribution in [3.05, 3.63) is 43.1 Å². The number of hydrogen-bond acceptors (Lipinski definition) is 7. The molecule has 0 atom stereocenters. The van der Waals surface area contributed by atoms with E-state index in [4.69, 9.17) is 10.5 Å². The molecule has 10 heteroatoms. The van der Waals surface area contributed by atoms with Crippen molar-refractivity contribution in [2.75, 3.05) is 26.8 Å². The topological polar surface area (TPSA) is 127 Å². The molecule has 0 saturated heterocycles. The Labute approximate surface area is 160 Å². The lowest BCUT2D eigenvalue weighted by molar-refractivity contribution is -0.116. The number of nitrogens with two attached hydrogens (primary N) is 1. The Hall–Kier alpha value is -3.11. The molecule has 0 fully saturated rings. The van der Waals surface area contributed by atoms with Crippen LogP contribution in [-0.2, 0) is 9.53 Å². The molecule has 9 nitrogen and oxygen atoms in total. The van der Waals surface area contributed by atoms with Crippen LogP contribution in [0.2, 0.25) is 0 Å². The molecular formula is C17H21N7O2S. The van der Waals surface area contributed by atoms with Crippen LogP contribution in [0.4, 0.5) is 5.13 Å². The van der Waals surface area contributed by atoms with Crippen LogP contribution in [0.5, 0.6) is 0 Å². The van der Waals surface area contributed by atoms with E-state index in [1.165, 1.54) is 17.4 Å². The van der Waals surface area contributed by atoms with Crippen molar-refractivity contribution < 1.29 is 9.53 Å². The Morgan fingerprint density at radius 3 is 3.11 bits per heavy atom. The van der Waals surface area contributed by atoms with Crippen LogP contribution < -0.4 is 16.4 Å². The minimum atomic E-state index is -0.258. The maximum absolute atomic E-state index is 11.1. The van der Waals surface area contributed by atoms with Crippen molar-refractivity contribution in [2.45, 2.75) is 0 Å². The summed E-state index contributed by atoms with van der Waals surface area (Å²) in [6.07, 6.45) is 6.42. The molecule has 2 aromatic heterocycles. The first-order valence-corrected chi connectivity index (χ1v) is 8.87. The smallest absolute Gasteiger partial charge is 0.243 e. The summed E-state index contributed by atoms with van der Waals surface area (Å²) in [5, 5.41) is 6.07. The Kier molecular flexibility index (Phi) is 8.07. The highest BCUT2D eigenvalue weighted by molar-refractivity contribution is 7.21. The summed E-state index contributed by atoms with van der Waals surface area (Å²) < 4.78 is 5.01. The summed E-state index contributed by atoms with van der Waals surface area (Å²) in [6, 6.07) is 3.70. The van der Waals surface area contributed by atoms with Gasteiger partial charge in [0.2, 0.25) is 11.0 Å². The molecule has 1 amide bonds. The van der Waals surface area contributed by atoms with Gasteiger partial charge < -0.3 is 21.1 Å². The molecule has 2 aromatic rings. The van der Waals surface area contributed by atoms with Crippen molar-refractivity contribution in [2.24, 2.45) is 15.7 Å². The van der Waals surface area contributed by atoms with E-state index in [1.54, 1.807) is 25.5 Å². The highest BCUT2D eigenvalue weighted by Crippen LogP contribution is 2.25. The fourth-order valence-corrected chi connectivity index (χ4v) is 2.66.